The summed E-state index contributed by atoms with van der Waals surface area (Å²) in [6, 6.07) is 9.59. The molecule has 7 heteroatoms. The highest BCUT2D eigenvalue weighted by atomic mass is 35.5. The minimum Gasteiger partial charge on any atom is -0.365 e. The van der Waals surface area contributed by atoms with Gasteiger partial charge < -0.3 is 5.32 Å². The third kappa shape index (κ3) is 3.09. The van der Waals surface area contributed by atoms with Gasteiger partial charge in [-0.25, -0.2) is 15.0 Å². The summed E-state index contributed by atoms with van der Waals surface area (Å²) >= 11 is 9.20. The van der Waals surface area contributed by atoms with Crippen LogP contribution in [0.2, 0.25) is 5.02 Å². The van der Waals surface area contributed by atoms with Crippen LogP contribution in [0.15, 0.2) is 41.7 Å². The Hall–Kier alpha value is -1.63. The first-order valence-electron chi connectivity index (χ1n) is 6.53. The maximum absolute atomic E-state index is 6.11. The van der Waals surface area contributed by atoms with Gasteiger partial charge in [0.1, 0.15) is 0 Å². The van der Waals surface area contributed by atoms with Crippen molar-refractivity contribution >= 4 is 39.8 Å². The molecule has 0 radical (unpaired) electrons. The van der Waals surface area contributed by atoms with Crippen molar-refractivity contribution in [3.05, 3.63) is 41.6 Å². The fraction of sp³-hybridized carbons (Fsp3) is 0.133. The fourth-order valence-electron chi connectivity index (χ4n) is 2.00. The molecule has 0 saturated carbocycles. The lowest BCUT2D eigenvalue weighted by Gasteiger charge is -2.03. The number of hydrogen-bond acceptors (Lipinski definition) is 6. The summed E-state index contributed by atoms with van der Waals surface area (Å²) in [6.07, 6.45) is 3.73. The fourth-order valence-corrected chi connectivity index (χ4v) is 3.45. The van der Waals surface area contributed by atoms with Gasteiger partial charge in [-0.1, -0.05) is 46.8 Å². The molecule has 2 heterocycles. The maximum atomic E-state index is 6.11. The first kappa shape index (κ1) is 15.3. The van der Waals surface area contributed by atoms with Gasteiger partial charge in [-0.2, -0.15) is 0 Å². The molecule has 0 bridgehead atoms. The van der Waals surface area contributed by atoms with Crippen LogP contribution in [0.25, 0.3) is 21.8 Å². The van der Waals surface area contributed by atoms with Gasteiger partial charge in [0.15, 0.2) is 10.3 Å². The molecule has 4 nitrogen and oxygen atoms in total. The number of anilines is 1. The second-order valence-corrected chi connectivity index (χ2v) is 6.59. The average molecular weight is 349 g/mol. The third-order valence-electron chi connectivity index (χ3n) is 2.99. The quantitative estimate of drug-likeness (QED) is 0.547. The zero-order chi connectivity index (χ0) is 15.5. The van der Waals surface area contributed by atoms with Gasteiger partial charge in [-0.3, -0.25) is 0 Å². The van der Waals surface area contributed by atoms with Crippen LogP contribution >= 0.6 is 34.7 Å². The summed E-state index contributed by atoms with van der Waals surface area (Å²) < 4.78 is 0. The molecule has 3 rings (SSSR count). The van der Waals surface area contributed by atoms with Crippen LogP contribution in [-0.4, -0.2) is 28.3 Å². The van der Waals surface area contributed by atoms with Crippen LogP contribution in [0.1, 0.15) is 0 Å². The summed E-state index contributed by atoms with van der Waals surface area (Å²) in [5.41, 5.74) is 2.72. The predicted molar refractivity (Wildman–Crippen MR) is 94.9 cm³/mol. The molecule has 0 saturated heterocycles. The van der Waals surface area contributed by atoms with E-state index in [0.29, 0.717) is 5.02 Å². The number of thioether (sulfide) groups is 1. The molecule has 112 valence electrons. The van der Waals surface area contributed by atoms with Gasteiger partial charge in [0.05, 0.1) is 16.3 Å². The monoisotopic (exact) mass is 348 g/mol. The Kier molecular flexibility index (Phi) is 4.61. The minimum absolute atomic E-state index is 0.690. The van der Waals surface area contributed by atoms with E-state index in [1.54, 1.807) is 17.5 Å². The Morgan fingerprint density at radius 1 is 1.23 bits per heavy atom. The van der Waals surface area contributed by atoms with E-state index in [-0.39, 0.29) is 0 Å². The molecule has 0 aliphatic rings. The molecule has 3 aromatic rings. The third-order valence-corrected chi connectivity index (χ3v) is 4.88. The molecule has 0 aliphatic heterocycles. The Labute approximate surface area is 142 Å². The molecule has 2 aromatic heterocycles. The number of nitrogens with one attached hydrogen (secondary N) is 1. The molecule has 1 N–H and O–H groups in total. The van der Waals surface area contributed by atoms with Crippen molar-refractivity contribution < 1.29 is 0 Å². The molecule has 0 fully saturated rings. The summed E-state index contributed by atoms with van der Waals surface area (Å²) in [6.45, 7) is 0. The standard InChI is InChI=1S/C15H13ClN4S2/c1-17-14-20-12(9-4-3-5-10(16)8-9)13(22-14)11-6-7-18-15(19-11)21-2/h3-8H,1-2H3,(H,17,20). The Balaban J connectivity index is 2.16. The highest BCUT2D eigenvalue weighted by Gasteiger charge is 2.16. The first-order valence-corrected chi connectivity index (χ1v) is 8.95. The number of rotatable bonds is 4. The first-order chi connectivity index (χ1) is 10.7. The number of aromatic nitrogens is 3. The van der Waals surface area contributed by atoms with Gasteiger partial charge in [0.2, 0.25) is 0 Å². The Morgan fingerprint density at radius 3 is 2.82 bits per heavy atom. The number of nitrogens with zero attached hydrogens (tertiary/aromatic N) is 3. The van der Waals surface area contributed by atoms with Crippen molar-refractivity contribution in [1.82, 2.24) is 15.0 Å². The van der Waals surface area contributed by atoms with E-state index in [1.165, 1.54) is 11.8 Å². The summed E-state index contributed by atoms with van der Waals surface area (Å²) in [5, 5.41) is 5.37. The predicted octanol–water partition coefficient (Wildman–Crippen LogP) is 4.68. The minimum atomic E-state index is 0.690. The van der Waals surface area contributed by atoms with Gasteiger partial charge in [-0.15, -0.1) is 0 Å². The van der Waals surface area contributed by atoms with Gasteiger partial charge in [-0.05, 0) is 24.5 Å². The molecule has 22 heavy (non-hydrogen) atoms. The van der Waals surface area contributed by atoms with E-state index >= 15 is 0 Å². The lowest BCUT2D eigenvalue weighted by molar-refractivity contribution is 0.978. The normalized spacial score (nSPS) is 10.7. The number of halogens is 1. The van der Waals surface area contributed by atoms with E-state index in [0.717, 1.165) is 32.1 Å². The maximum Gasteiger partial charge on any atom is 0.187 e. The van der Waals surface area contributed by atoms with Crippen LogP contribution in [0.4, 0.5) is 5.13 Å². The molecule has 0 atom stereocenters. The topological polar surface area (TPSA) is 50.7 Å². The molecular weight excluding hydrogens is 336 g/mol. The molecule has 0 aliphatic carbocycles. The van der Waals surface area contributed by atoms with Crippen molar-refractivity contribution in [2.75, 3.05) is 18.6 Å². The molecular formula is C15H13ClN4S2. The molecule has 0 amide bonds. The van der Waals surface area contributed by atoms with Crippen molar-refractivity contribution in [2.24, 2.45) is 0 Å². The molecule has 0 spiro atoms. The highest BCUT2D eigenvalue weighted by molar-refractivity contribution is 7.98. The van der Waals surface area contributed by atoms with Gasteiger partial charge in [0, 0.05) is 23.8 Å². The van der Waals surface area contributed by atoms with Crippen molar-refractivity contribution in [2.45, 2.75) is 5.16 Å². The second-order valence-electron chi connectivity index (χ2n) is 4.39. The summed E-state index contributed by atoms with van der Waals surface area (Å²) in [4.78, 5) is 14.5. The van der Waals surface area contributed by atoms with Crippen molar-refractivity contribution in [3.63, 3.8) is 0 Å². The number of hydrogen-bond donors (Lipinski definition) is 1. The Bertz CT molecular complexity index is 804. The summed E-state index contributed by atoms with van der Waals surface area (Å²) in [5.74, 6) is 0. The van der Waals surface area contributed by atoms with E-state index in [2.05, 4.69) is 20.3 Å². The van der Waals surface area contributed by atoms with E-state index in [9.17, 15) is 0 Å². The van der Waals surface area contributed by atoms with Crippen LogP contribution < -0.4 is 5.32 Å². The highest BCUT2D eigenvalue weighted by Crippen LogP contribution is 2.38. The Morgan fingerprint density at radius 2 is 2.09 bits per heavy atom. The summed E-state index contributed by atoms with van der Waals surface area (Å²) in [7, 11) is 1.86. The van der Waals surface area contributed by atoms with Crippen LogP contribution in [0, 0.1) is 0 Å². The second kappa shape index (κ2) is 6.64. The number of benzene rings is 1. The van der Waals surface area contributed by atoms with Crippen LogP contribution in [0.3, 0.4) is 0 Å². The zero-order valence-corrected chi connectivity index (χ0v) is 14.4. The SMILES string of the molecule is CNc1nc(-c2cccc(Cl)c2)c(-c2ccnc(SC)n2)s1. The molecule has 0 unspecified atom stereocenters. The van der Waals surface area contributed by atoms with Crippen LogP contribution in [-0.2, 0) is 0 Å². The van der Waals surface area contributed by atoms with E-state index in [4.69, 9.17) is 11.6 Å². The van der Waals surface area contributed by atoms with Gasteiger partial charge >= 0.3 is 0 Å². The largest absolute Gasteiger partial charge is 0.365 e. The zero-order valence-electron chi connectivity index (χ0n) is 12.0. The van der Waals surface area contributed by atoms with Crippen molar-refractivity contribution in [3.8, 4) is 21.8 Å². The smallest absolute Gasteiger partial charge is 0.187 e. The van der Waals surface area contributed by atoms with Crippen molar-refractivity contribution in [1.29, 1.82) is 0 Å². The van der Waals surface area contributed by atoms with Crippen LogP contribution in [0.5, 0.6) is 0 Å². The van der Waals surface area contributed by atoms with E-state index in [1.807, 2.05) is 43.6 Å². The molecule has 1 aromatic carbocycles. The van der Waals surface area contributed by atoms with E-state index < -0.39 is 0 Å². The average Bonchev–Trinajstić information content (AvgIpc) is 2.99. The van der Waals surface area contributed by atoms with Gasteiger partial charge in [0.25, 0.3) is 0 Å². The lowest BCUT2D eigenvalue weighted by atomic mass is 10.1. The lowest BCUT2D eigenvalue weighted by Crippen LogP contribution is -1.89. The number of thiazole rings is 1.